The van der Waals surface area contributed by atoms with Gasteiger partial charge in [-0.05, 0) is 37.5 Å². The highest BCUT2D eigenvalue weighted by Crippen LogP contribution is 2.34. The van der Waals surface area contributed by atoms with Crippen LogP contribution in [0.4, 0.5) is 5.69 Å². The lowest BCUT2D eigenvalue weighted by Crippen LogP contribution is -2.47. The molecule has 5 nitrogen and oxygen atoms in total. The van der Waals surface area contributed by atoms with Crippen molar-refractivity contribution < 1.29 is 9.59 Å². The summed E-state index contributed by atoms with van der Waals surface area (Å²) in [6, 6.07) is 5.49. The number of rotatable bonds is 3. The summed E-state index contributed by atoms with van der Waals surface area (Å²) in [4.78, 5) is 31.3. The van der Waals surface area contributed by atoms with Gasteiger partial charge in [-0.25, -0.2) is 0 Å². The topological polar surface area (TPSA) is 62.3 Å². The van der Waals surface area contributed by atoms with Gasteiger partial charge in [0.1, 0.15) is 0 Å². The fraction of sp³-hybridized carbons (Fsp3) is 0.450. The first-order valence-electron chi connectivity index (χ1n) is 9.28. The SMILES string of the molecule is O=C(Nc1ccc(Cl)c2ccncc12)[C@@H]1CCCC[C@@H]1N1CCCC1=O. The summed E-state index contributed by atoms with van der Waals surface area (Å²) in [7, 11) is 0. The summed E-state index contributed by atoms with van der Waals surface area (Å²) in [5.74, 6) is 0.0194. The molecular weight excluding hydrogens is 350 g/mol. The van der Waals surface area contributed by atoms with E-state index < -0.39 is 0 Å². The zero-order chi connectivity index (χ0) is 18.1. The minimum absolute atomic E-state index is 0.0122. The molecule has 2 heterocycles. The van der Waals surface area contributed by atoms with Gasteiger partial charge in [-0.3, -0.25) is 14.6 Å². The minimum Gasteiger partial charge on any atom is -0.339 e. The number of amides is 2. The number of aromatic nitrogens is 1. The lowest BCUT2D eigenvalue weighted by atomic mass is 9.83. The molecule has 2 aromatic rings. The van der Waals surface area contributed by atoms with Gasteiger partial charge in [0.15, 0.2) is 0 Å². The molecule has 2 atom stereocenters. The lowest BCUT2D eigenvalue weighted by Gasteiger charge is -2.37. The maximum Gasteiger partial charge on any atom is 0.229 e. The van der Waals surface area contributed by atoms with E-state index in [1.165, 1.54) is 0 Å². The number of benzene rings is 1. The molecule has 1 saturated carbocycles. The Kier molecular flexibility index (Phi) is 4.81. The second kappa shape index (κ2) is 7.23. The molecule has 6 heteroatoms. The van der Waals surface area contributed by atoms with Crippen molar-refractivity contribution in [3.63, 3.8) is 0 Å². The predicted octanol–water partition coefficient (Wildman–Crippen LogP) is 4.01. The van der Waals surface area contributed by atoms with Gasteiger partial charge in [-0.15, -0.1) is 0 Å². The van der Waals surface area contributed by atoms with E-state index in [4.69, 9.17) is 11.6 Å². The van der Waals surface area contributed by atoms with E-state index in [-0.39, 0.29) is 23.8 Å². The first-order valence-corrected chi connectivity index (χ1v) is 9.65. The molecule has 0 spiro atoms. The number of carbonyl (C=O) groups is 2. The fourth-order valence-corrected chi connectivity index (χ4v) is 4.53. The summed E-state index contributed by atoms with van der Waals surface area (Å²) >= 11 is 6.25. The van der Waals surface area contributed by atoms with E-state index in [0.29, 0.717) is 11.4 Å². The molecule has 0 unspecified atom stereocenters. The molecule has 4 rings (SSSR count). The van der Waals surface area contributed by atoms with Gasteiger partial charge >= 0.3 is 0 Å². The number of halogens is 1. The quantitative estimate of drug-likeness (QED) is 0.886. The van der Waals surface area contributed by atoms with E-state index in [0.717, 1.165) is 55.1 Å². The van der Waals surface area contributed by atoms with Gasteiger partial charge in [0.05, 0.1) is 11.6 Å². The summed E-state index contributed by atoms with van der Waals surface area (Å²) < 4.78 is 0. The lowest BCUT2D eigenvalue weighted by molar-refractivity contribution is -0.133. The zero-order valence-electron chi connectivity index (χ0n) is 14.6. The van der Waals surface area contributed by atoms with Crippen LogP contribution in [0.3, 0.4) is 0 Å². The van der Waals surface area contributed by atoms with Crippen LogP contribution < -0.4 is 5.32 Å². The Balaban J connectivity index is 1.59. The molecule has 1 aliphatic heterocycles. The third kappa shape index (κ3) is 3.16. The van der Waals surface area contributed by atoms with Crippen molar-refractivity contribution in [2.45, 2.75) is 44.6 Å². The molecule has 2 aliphatic rings. The van der Waals surface area contributed by atoms with E-state index in [1.807, 2.05) is 17.0 Å². The van der Waals surface area contributed by atoms with Crippen molar-refractivity contribution in [2.24, 2.45) is 5.92 Å². The predicted molar refractivity (Wildman–Crippen MR) is 102 cm³/mol. The van der Waals surface area contributed by atoms with Gasteiger partial charge in [0, 0.05) is 47.2 Å². The highest BCUT2D eigenvalue weighted by Gasteiger charge is 2.38. The van der Waals surface area contributed by atoms with Crippen molar-refractivity contribution in [3.8, 4) is 0 Å². The molecule has 0 bridgehead atoms. The van der Waals surface area contributed by atoms with Crippen molar-refractivity contribution >= 4 is 39.9 Å². The molecule has 136 valence electrons. The molecule has 2 amide bonds. The fourth-order valence-electron chi connectivity index (χ4n) is 4.30. The first kappa shape index (κ1) is 17.3. The largest absolute Gasteiger partial charge is 0.339 e. The number of anilines is 1. The van der Waals surface area contributed by atoms with Gasteiger partial charge in [0.25, 0.3) is 0 Å². The van der Waals surface area contributed by atoms with Crippen molar-refractivity contribution in [1.82, 2.24) is 9.88 Å². The molecule has 1 aromatic heterocycles. The Morgan fingerprint density at radius 3 is 2.81 bits per heavy atom. The monoisotopic (exact) mass is 371 g/mol. The maximum absolute atomic E-state index is 13.1. The van der Waals surface area contributed by atoms with E-state index in [9.17, 15) is 9.59 Å². The summed E-state index contributed by atoms with van der Waals surface area (Å²) in [6.45, 7) is 0.779. The minimum atomic E-state index is -0.159. The number of pyridine rings is 1. The van der Waals surface area contributed by atoms with Crippen LogP contribution in [0.25, 0.3) is 10.8 Å². The van der Waals surface area contributed by atoms with Gasteiger partial charge < -0.3 is 10.2 Å². The second-order valence-corrected chi connectivity index (χ2v) is 7.56. The third-order valence-electron chi connectivity index (χ3n) is 5.60. The van der Waals surface area contributed by atoms with Crippen LogP contribution in [0.5, 0.6) is 0 Å². The van der Waals surface area contributed by atoms with Crippen LogP contribution in [0.1, 0.15) is 38.5 Å². The average molecular weight is 372 g/mol. The van der Waals surface area contributed by atoms with Gasteiger partial charge in [0.2, 0.25) is 11.8 Å². The van der Waals surface area contributed by atoms with Crippen LogP contribution in [0, 0.1) is 5.92 Å². The smallest absolute Gasteiger partial charge is 0.229 e. The maximum atomic E-state index is 13.1. The van der Waals surface area contributed by atoms with Gasteiger partial charge in [-0.1, -0.05) is 24.4 Å². The summed E-state index contributed by atoms with van der Waals surface area (Å²) in [5.41, 5.74) is 0.722. The van der Waals surface area contributed by atoms with E-state index in [2.05, 4.69) is 10.3 Å². The van der Waals surface area contributed by atoms with Crippen molar-refractivity contribution in [2.75, 3.05) is 11.9 Å². The van der Waals surface area contributed by atoms with Crippen molar-refractivity contribution in [1.29, 1.82) is 0 Å². The van der Waals surface area contributed by atoms with Crippen LogP contribution in [0.15, 0.2) is 30.6 Å². The van der Waals surface area contributed by atoms with Crippen molar-refractivity contribution in [3.05, 3.63) is 35.6 Å². The molecule has 0 radical (unpaired) electrons. The Hall–Kier alpha value is -2.14. The van der Waals surface area contributed by atoms with E-state index in [1.54, 1.807) is 18.5 Å². The molecule has 1 saturated heterocycles. The molecule has 1 aliphatic carbocycles. The second-order valence-electron chi connectivity index (χ2n) is 7.15. The highest BCUT2D eigenvalue weighted by atomic mass is 35.5. The number of carbonyl (C=O) groups excluding carboxylic acids is 2. The van der Waals surface area contributed by atoms with E-state index >= 15 is 0 Å². The third-order valence-corrected chi connectivity index (χ3v) is 5.93. The molecule has 26 heavy (non-hydrogen) atoms. The Morgan fingerprint density at radius 1 is 1.15 bits per heavy atom. The van der Waals surface area contributed by atoms with Gasteiger partial charge in [-0.2, -0.15) is 0 Å². The Bertz CT molecular complexity index is 854. The van der Waals surface area contributed by atoms with Crippen LogP contribution in [0.2, 0.25) is 5.02 Å². The number of nitrogens with zero attached hydrogens (tertiary/aromatic N) is 2. The average Bonchev–Trinajstić information content (AvgIpc) is 3.10. The van der Waals surface area contributed by atoms with Crippen LogP contribution in [-0.4, -0.2) is 34.3 Å². The highest BCUT2D eigenvalue weighted by molar-refractivity contribution is 6.36. The summed E-state index contributed by atoms with van der Waals surface area (Å²) in [5, 5.41) is 5.41. The normalized spacial score (nSPS) is 23.4. The van der Waals surface area contributed by atoms with Crippen LogP contribution >= 0.6 is 11.6 Å². The number of likely N-dealkylation sites (tertiary alicyclic amines) is 1. The Labute approximate surface area is 157 Å². The zero-order valence-corrected chi connectivity index (χ0v) is 15.3. The Morgan fingerprint density at radius 2 is 2.00 bits per heavy atom. The number of hydrogen-bond donors (Lipinski definition) is 1. The first-order chi connectivity index (χ1) is 12.6. The molecule has 1 N–H and O–H groups in total. The number of hydrogen-bond acceptors (Lipinski definition) is 3. The standard InChI is InChI=1S/C20H22ClN3O2/c21-16-7-8-17(15-12-22-10-9-13(15)16)23-20(26)14-4-1-2-5-18(14)24-11-3-6-19(24)25/h7-10,12,14,18H,1-6,11H2,(H,23,26)/t14-,18+/m1/s1. The molecule has 1 aromatic carbocycles. The summed E-state index contributed by atoms with van der Waals surface area (Å²) in [6.07, 6.45) is 8.76. The van der Waals surface area contributed by atoms with Crippen LogP contribution in [-0.2, 0) is 9.59 Å². The molecular formula is C20H22ClN3O2. The number of nitrogens with one attached hydrogen (secondary N) is 1. The number of fused-ring (bicyclic) bond motifs is 1. The molecule has 2 fully saturated rings.